The summed E-state index contributed by atoms with van der Waals surface area (Å²) in [4.78, 5) is 0. The lowest BCUT2D eigenvalue weighted by atomic mass is 9.99. The molecule has 3 rings (SSSR count). The Labute approximate surface area is 106 Å². The molecule has 17 heavy (non-hydrogen) atoms. The fourth-order valence-electron chi connectivity index (χ4n) is 2.85. The maximum Gasteiger partial charge on any atom is 0.138 e. The van der Waals surface area contributed by atoms with Gasteiger partial charge in [0.25, 0.3) is 0 Å². The topological polar surface area (TPSA) is 50.9 Å². The molecular weight excluding hydrogens is 234 g/mol. The first-order valence-electron chi connectivity index (χ1n) is 6.49. The summed E-state index contributed by atoms with van der Waals surface area (Å²) in [6, 6.07) is 0. The van der Waals surface area contributed by atoms with Crippen molar-refractivity contribution in [1.29, 1.82) is 0 Å². The summed E-state index contributed by atoms with van der Waals surface area (Å²) in [6.07, 6.45) is 4.57. The minimum atomic E-state index is 0.206. The first kappa shape index (κ1) is 11.5. The first-order valence-corrected chi connectivity index (χ1v) is 7.64. The van der Waals surface area contributed by atoms with Crippen molar-refractivity contribution in [2.24, 2.45) is 5.92 Å². The average Bonchev–Trinajstić information content (AvgIpc) is 2.99. The predicted molar refractivity (Wildman–Crippen MR) is 68.2 cm³/mol. The van der Waals surface area contributed by atoms with Gasteiger partial charge in [-0.2, -0.15) is 11.8 Å². The number of thioether (sulfide) groups is 1. The highest BCUT2D eigenvalue weighted by atomic mass is 32.2. The molecule has 4 nitrogen and oxygen atoms in total. The summed E-state index contributed by atoms with van der Waals surface area (Å²) >= 11 is 2.05. The van der Waals surface area contributed by atoms with E-state index in [0.717, 1.165) is 43.4 Å². The van der Waals surface area contributed by atoms with E-state index in [9.17, 15) is 5.11 Å². The van der Waals surface area contributed by atoms with Crippen molar-refractivity contribution < 1.29 is 5.11 Å². The van der Waals surface area contributed by atoms with E-state index >= 15 is 0 Å². The number of fused-ring (bicyclic) bond motifs is 1. The Balaban J connectivity index is 1.79. The van der Waals surface area contributed by atoms with E-state index in [2.05, 4.69) is 14.8 Å². The van der Waals surface area contributed by atoms with Gasteiger partial charge in [0.05, 0.1) is 6.61 Å². The van der Waals surface area contributed by atoms with E-state index < -0.39 is 0 Å². The highest BCUT2D eigenvalue weighted by Gasteiger charge is 2.26. The van der Waals surface area contributed by atoms with Crippen LogP contribution in [0.15, 0.2) is 0 Å². The van der Waals surface area contributed by atoms with Crippen molar-refractivity contribution in [3.8, 4) is 0 Å². The maximum atomic E-state index is 9.35. The molecule has 0 bridgehead atoms. The molecule has 2 aliphatic rings. The Bertz CT molecular complexity index is 387. The molecular formula is C12H19N3OS. The molecule has 1 fully saturated rings. The molecule has 0 amide bonds. The van der Waals surface area contributed by atoms with E-state index in [1.165, 1.54) is 17.9 Å². The fraction of sp³-hybridized carbons (Fsp3) is 0.833. The van der Waals surface area contributed by atoms with Crippen molar-refractivity contribution in [3.63, 3.8) is 0 Å². The number of aromatic nitrogens is 3. The minimum Gasteiger partial charge on any atom is -0.396 e. The molecule has 1 N–H and O–H groups in total. The standard InChI is InChI=1S/C12H19N3OS/c16-7-10-2-1-4-15-11(13-14-12(10)15)6-9-3-5-17-8-9/h9-10,16H,1-8H2. The zero-order chi connectivity index (χ0) is 11.7. The lowest BCUT2D eigenvalue weighted by molar-refractivity contribution is 0.237. The Morgan fingerprint density at radius 2 is 2.29 bits per heavy atom. The molecule has 1 aromatic rings. The summed E-state index contributed by atoms with van der Waals surface area (Å²) in [6.45, 7) is 1.24. The van der Waals surface area contributed by atoms with Gasteiger partial charge in [-0.1, -0.05) is 0 Å². The smallest absolute Gasteiger partial charge is 0.138 e. The van der Waals surface area contributed by atoms with Crippen LogP contribution in [0, 0.1) is 5.92 Å². The third kappa shape index (κ3) is 2.22. The number of aliphatic hydroxyl groups excluding tert-OH is 1. The van der Waals surface area contributed by atoms with Gasteiger partial charge in [-0.25, -0.2) is 0 Å². The van der Waals surface area contributed by atoms with Crippen LogP contribution in [0.4, 0.5) is 0 Å². The minimum absolute atomic E-state index is 0.206. The maximum absolute atomic E-state index is 9.35. The predicted octanol–water partition coefficient (Wildman–Crippen LogP) is 1.44. The number of aliphatic hydroxyl groups is 1. The molecule has 1 saturated heterocycles. The summed E-state index contributed by atoms with van der Waals surface area (Å²) in [7, 11) is 0. The molecule has 1 aromatic heterocycles. The van der Waals surface area contributed by atoms with Gasteiger partial charge >= 0.3 is 0 Å². The molecule has 2 unspecified atom stereocenters. The summed E-state index contributed by atoms with van der Waals surface area (Å²) < 4.78 is 2.26. The lowest BCUT2D eigenvalue weighted by Crippen LogP contribution is -2.21. The molecule has 94 valence electrons. The lowest BCUT2D eigenvalue weighted by Gasteiger charge is -2.22. The number of rotatable bonds is 3. The Morgan fingerprint density at radius 3 is 3.06 bits per heavy atom. The van der Waals surface area contributed by atoms with Crippen LogP contribution in [0.25, 0.3) is 0 Å². The van der Waals surface area contributed by atoms with Crippen LogP contribution in [0.3, 0.4) is 0 Å². The molecule has 0 radical (unpaired) electrons. The Morgan fingerprint density at radius 1 is 1.35 bits per heavy atom. The average molecular weight is 253 g/mol. The highest BCUT2D eigenvalue weighted by Crippen LogP contribution is 2.29. The van der Waals surface area contributed by atoms with Crippen LogP contribution in [-0.2, 0) is 13.0 Å². The quantitative estimate of drug-likeness (QED) is 0.885. The van der Waals surface area contributed by atoms with Gasteiger partial charge in [0.1, 0.15) is 11.6 Å². The molecule has 0 spiro atoms. The van der Waals surface area contributed by atoms with Gasteiger partial charge < -0.3 is 9.67 Å². The second-order valence-corrected chi connectivity index (χ2v) is 6.23. The van der Waals surface area contributed by atoms with Gasteiger partial charge in [-0.3, -0.25) is 0 Å². The Hall–Kier alpha value is -0.550. The molecule has 2 aliphatic heterocycles. The van der Waals surface area contributed by atoms with E-state index in [-0.39, 0.29) is 12.5 Å². The van der Waals surface area contributed by atoms with Crippen LogP contribution >= 0.6 is 11.8 Å². The van der Waals surface area contributed by atoms with Crippen molar-refractivity contribution in [2.45, 2.75) is 38.1 Å². The second kappa shape index (κ2) is 4.98. The normalized spacial score (nSPS) is 28.3. The van der Waals surface area contributed by atoms with Gasteiger partial charge in [-0.15, -0.1) is 10.2 Å². The zero-order valence-corrected chi connectivity index (χ0v) is 10.8. The van der Waals surface area contributed by atoms with E-state index in [1.54, 1.807) is 0 Å². The molecule has 5 heteroatoms. The molecule has 2 atom stereocenters. The summed E-state index contributed by atoms with van der Waals surface area (Å²) in [5.41, 5.74) is 0. The van der Waals surface area contributed by atoms with Crippen molar-refractivity contribution in [1.82, 2.24) is 14.8 Å². The molecule has 3 heterocycles. The van der Waals surface area contributed by atoms with Crippen molar-refractivity contribution in [2.75, 3.05) is 18.1 Å². The number of hydrogen-bond donors (Lipinski definition) is 1. The van der Waals surface area contributed by atoms with Gasteiger partial charge in [-0.05, 0) is 36.7 Å². The van der Waals surface area contributed by atoms with E-state index in [4.69, 9.17) is 0 Å². The monoisotopic (exact) mass is 253 g/mol. The number of hydrogen-bond acceptors (Lipinski definition) is 4. The third-order valence-electron chi connectivity index (χ3n) is 3.87. The summed E-state index contributed by atoms with van der Waals surface area (Å²) in [5, 5.41) is 18.0. The first-order chi connectivity index (χ1) is 8.38. The third-order valence-corrected chi connectivity index (χ3v) is 5.10. The SMILES string of the molecule is OCC1CCCn2c(CC3CCSC3)nnc21. The Kier molecular flexibility index (Phi) is 3.38. The molecule has 0 aromatic carbocycles. The zero-order valence-electron chi connectivity index (χ0n) is 10.0. The van der Waals surface area contributed by atoms with Crippen LogP contribution in [-0.4, -0.2) is 38.0 Å². The van der Waals surface area contributed by atoms with Crippen molar-refractivity contribution >= 4 is 11.8 Å². The van der Waals surface area contributed by atoms with E-state index in [1.807, 2.05) is 11.8 Å². The van der Waals surface area contributed by atoms with Crippen LogP contribution in [0.5, 0.6) is 0 Å². The fourth-order valence-corrected chi connectivity index (χ4v) is 4.13. The molecule has 0 aliphatic carbocycles. The van der Waals surface area contributed by atoms with Gasteiger partial charge in [0.15, 0.2) is 0 Å². The van der Waals surface area contributed by atoms with E-state index in [0.29, 0.717) is 0 Å². The summed E-state index contributed by atoms with van der Waals surface area (Å²) in [5.74, 6) is 5.71. The second-order valence-electron chi connectivity index (χ2n) is 5.08. The van der Waals surface area contributed by atoms with Gasteiger partial charge in [0, 0.05) is 18.9 Å². The largest absolute Gasteiger partial charge is 0.396 e. The van der Waals surface area contributed by atoms with Crippen LogP contribution in [0.2, 0.25) is 0 Å². The van der Waals surface area contributed by atoms with Crippen molar-refractivity contribution in [3.05, 3.63) is 11.6 Å². The van der Waals surface area contributed by atoms with Gasteiger partial charge in [0.2, 0.25) is 0 Å². The highest BCUT2D eigenvalue weighted by molar-refractivity contribution is 7.99. The number of nitrogens with zero attached hydrogens (tertiary/aromatic N) is 3. The van der Waals surface area contributed by atoms with Crippen LogP contribution < -0.4 is 0 Å². The van der Waals surface area contributed by atoms with Crippen LogP contribution in [0.1, 0.15) is 36.8 Å². The molecule has 0 saturated carbocycles.